The Labute approximate surface area is 149 Å². The van der Waals surface area contributed by atoms with E-state index < -0.39 is 11.2 Å². The Hall–Kier alpha value is -1.38. The fourth-order valence-electron chi connectivity index (χ4n) is 2.28. The summed E-state index contributed by atoms with van der Waals surface area (Å²) in [6.07, 6.45) is 0.710. The fraction of sp³-hybridized carbons (Fsp3) is 0.562. The summed E-state index contributed by atoms with van der Waals surface area (Å²) in [5.74, 6) is -0.422. The smallest absolute Gasteiger partial charge is 0.263 e. The minimum atomic E-state index is -0.449. The van der Waals surface area contributed by atoms with Gasteiger partial charge in [0.05, 0.1) is 10.6 Å². The number of amides is 1. The number of fused-ring (bicyclic) bond motifs is 1. The van der Waals surface area contributed by atoms with Gasteiger partial charge >= 0.3 is 0 Å². The number of thiophene rings is 1. The maximum absolute atomic E-state index is 13.0. The minimum absolute atomic E-state index is 0.0579. The fourth-order valence-corrected chi connectivity index (χ4v) is 4.24. The molecule has 2 rings (SSSR count). The van der Waals surface area contributed by atoms with Crippen LogP contribution < -0.4 is 11.3 Å². The lowest BCUT2D eigenvalue weighted by molar-refractivity contribution is -0.117. The number of hydrogen-bond donors (Lipinski definition) is 1. The second-order valence-electron chi connectivity index (χ2n) is 5.53. The zero-order chi connectivity index (χ0) is 17.9. The van der Waals surface area contributed by atoms with Crippen molar-refractivity contribution in [3.63, 3.8) is 0 Å². The molecule has 2 heterocycles. The number of thioether (sulfide) groups is 1. The number of carbonyl (C=O) groups excluding carboxylic acids is 1. The van der Waals surface area contributed by atoms with Crippen molar-refractivity contribution in [2.75, 3.05) is 13.2 Å². The molecule has 132 valence electrons. The third-order valence-electron chi connectivity index (χ3n) is 3.81. The Kier molecular flexibility index (Phi) is 6.42. The van der Waals surface area contributed by atoms with Crippen LogP contribution in [0.3, 0.4) is 0 Å². The molecule has 0 aliphatic heterocycles. The zero-order valence-electron chi connectivity index (χ0n) is 14.4. The number of ether oxygens (including phenoxy) is 1. The molecule has 0 fully saturated rings. The van der Waals surface area contributed by atoms with E-state index in [1.54, 1.807) is 11.5 Å². The van der Waals surface area contributed by atoms with E-state index in [2.05, 4.69) is 4.98 Å². The van der Waals surface area contributed by atoms with Crippen LogP contribution in [0.25, 0.3) is 10.2 Å². The first-order valence-corrected chi connectivity index (χ1v) is 9.60. The van der Waals surface area contributed by atoms with E-state index in [9.17, 15) is 9.59 Å². The topological polar surface area (TPSA) is 87.2 Å². The summed E-state index contributed by atoms with van der Waals surface area (Å²) in [6, 6.07) is 0. The number of primary amides is 1. The maximum Gasteiger partial charge on any atom is 0.263 e. The quantitative estimate of drug-likeness (QED) is 0.439. The van der Waals surface area contributed by atoms with Gasteiger partial charge in [-0.25, -0.2) is 4.98 Å². The maximum atomic E-state index is 13.0. The molecule has 1 amide bonds. The highest BCUT2D eigenvalue weighted by atomic mass is 32.2. The summed E-state index contributed by atoms with van der Waals surface area (Å²) < 4.78 is 7.00. The SMILES string of the molecule is CCOCCCn1c(S[C@@H](C)C(N)=O)nc2sc(C)c(C)c2c1=O. The highest BCUT2D eigenvalue weighted by Crippen LogP contribution is 2.29. The largest absolute Gasteiger partial charge is 0.382 e. The number of hydrogen-bond acceptors (Lipinski definition) is 6. The second kappa shape index (κ2) is 8.13. The van der Waals surface area contributed by atoms with Gasteiger partial charge in [0.2, 0.25) is 5.91 Å². The van der Waals surface area contributed by atoms with Crippen molar-refractivity contribution < 1.29 is 9.53 Å². The third kappa shape index (κ3) is 3.99. The number of aryl methyl sites for hydroxylation is 2. The van der Waals surface area contributed by atoms with Gasteiger partial charge in [0.25, 0.3) is 5.56 Å². The monoisotopic (exact) mass is 369 g/mol. The van der Waals surface area contributed by atoms with Crippen molar-refractivity contribution in [3.8, 4) is 0 Å². The first-order valence-electron chi connectivity index (χ1n) is 7.91. The molecule has 0 aliphatic rings. The molecular weight excluding hydrogens is 346 g/mol. The molecular formula is C16H23N3O3S2. The van der Waals surface area contributed by atoms with Gasteiger partial charge < -0.3 is 10.5 Å². The van der Waals surface area contributed by atoms with Gasteiger partial charge in [0.15, 0.2) is 5.16 Å². The van der Waals surface area contributed by atoms with Crippen LogP contribution >= 0.6 is 23.1 Å². The summed E-state index contributed by atoms with van der Waals surface area (Å²) in [6.45, 7) is 9.32. The molecule has 0 aromatic carbocycles. The van der Waals surface area contributed by atoms with Crippen LogP contribution in [-0.2, 0) is 16.1 Å². The van der Waals surface area contributed by atoms with Gasteiger partial charge in [-0.15, -0.1) is 11.3 Å². The molecule has 0 spiro atoms. The van der Waals surface area contributed by atoms with Crippen LogP contribution in [0.2, 0.25) is 0 Å². The van der Waals surface area contributed by atoms with Crippen molar-refractivity contribution in [1.82, 2.24) is 9.55 Å². The van der Waals surface area contributed by atoms with E-state index in [0.29, 0.717) is 36.7 Å². The summed E-state index contributed by atoms with van der Waals surface area (Å²) >= 11 is 2.73. The summed E-state index contributed by atoms with van der Waals surface area (Å²) in [7, 11) is 0. The van der Waals surface area contributed by atoms with Gasteiger partial charge in [-0.3, -0.25) is 14.2 Å². The van der Waals surface area contributed by atoms with E-state index in [1.165, 1.54) is 23.1 Å². The number of nitrogens with two attached hydrogens (primary N) is 1. The lowest BCUT2D eigenvalue weighted by Gasteiger charge is -2.14. The second-order valence-corrected chi connectivity index (χ2v) is 8.04. The van der Waals surface area contributed by atoms with Crippen LogP contribution in [0, 0.1) is 13.8 Å². The summed E-state index contributed by atoms with van der Waals surface area (Å²) in [5, 5.41) is 0.760. The standard InChI is InChI=1S/C16H23N3O3S2/c1-5-22-8-6-7-19-15(21)12-9(2)10(3)23-14(12)18-16(19)24-11(4)13(17)20/h11H,5-8H2,1-4H3,(H2,17,20)/t11-/m0/s1. The normalized spacial score (nSPS) is 12.7. The zero-order valence-corrected chi connectivity index (χ0v) is 16.1. The van der Waals surface area contributed by atoms with Crippen molar-refractivity contribution in [2.24, 2.45) is 5.73 Å². The van der Waals surface area contributed by atoms with Crippen LogP contribution in [0.4, 0.5) is 0 Å². The first-order chi connectivity index (χ1) is 11.4. The molecule has 0 saturated carbocycles. The number of aromatic nitrogens is 2. The molecule has 1 atom stereocenters. The molecule has 6 nitrogen and oxygen atoms in total. The van der Waals surface area contributed by atoms with Crippen LogP contribution in [0.5, 0.6) is 0 Å². The number of carbonyl (C=O) groups is 1. The molecule has 0 bridgehead atoms. The van der Waals surface area contributed by atoms with E-state index in [1.807, 2.05) is 20.8 Å². The van der Waals surface area contributed by atoms with Gasteiger partial charge in [-0.2, -0.15) is 0 Å². The predicted octanol–water partition coefficient (Wildman–Crippen LogP) is 2.47. The van der Waals surface area contributed by atoms with Crippen molar-refractivity contribution >= 4 is 39.2 Å². The van der Waals surface area contributed by atoms with E-state index >= 15 is 0 Å². The van der Waals surface area contributed by atoms with Crippen molar-refractivity contribution in [3.05, 3.63) is 20.8 Å². The molecule has 0 radical (unpaired) electrons. The Bertz CT molecular complexity index is 798. The molecule has 0 saturated heterocycles. The molecule has 8 heteroatoms. The van der Waals surface area contributed by atoms with Crippen molar-refractivity contribution in [1.29, 1.82) is 0 Å². The minimum Gasteiger partial charge on any atom is -0.382 e. The van der Waals surface area contributed by atoms with E-state index in [4.69, 9.17) is 10.5 Å². The van der Waals surface area contributed by atoms with Gasteiger partial charge in [0, 0.05) is 24.6 Å². The van der Waals surface area contributed by atoms with Crippen LogP contribution in [-0.4, -0.2) is 33.9 Å². The van der Waals surface area contributed by atoms with Crippen LogP contribution in [0.15, 0.2) is 9.95 Å². The Morgan fingerprint density at radius 3 is 2.79 bits per heavy atom. The first kappa shape index (κ1) is 19.0. The average Bonchev–Trinajstić information content (AvgIpc) is 2.80. The highest BCUT2D eigenvalue weighted by molar-refractivity contribution is 8.00. The average molecular weight is 370 g/mol. The number of rotatable bonds is 8. The van der Waals surface area contributed by atoms with Crippen LogP contribution in [0.1, 0.15) is 30.7 Å². The van der Waals surface area contributed by atoms with Gasteiger partial charge in [-0.05, 0) is 39.7 Å². The van der Waals surface area contributed by atoms with Gasteiger partial charge in [-0.1, -0.05) is 11.8 Å². The van der Waals surface area contributed by atoms with Gasteiger partial charge in [0.1, 0.15) is 4.83 Å². The lowest BCUT2D eigenvalue weighted by atomic mass is 10.2. The predicted molar refractivity (Wildman–Crippen MR) is 99.0 cm³/mol. The van der Waals surface area contributed by atoms with Crippen molar-refractivity contribution in [2.45, 2.75) is 51.1 Å². The highest BCUT2D eigenvalue weighted by Gasteiger charge is 2.20. The Balaban J connectivity index is 2.47. The Morgan fingerprint density at radius 1 is 1.46 bits per heavy atom. The lowest BCUT2D eigenvalue weighted by Crippen LogP contribution is -2.27. The molecule has 24 heavy (non-hydrogen) atoms. The Morgan fingerprint density at radius 2 is 2.17 bits per heavy atom. The van der Waals surface area contributed by atoms with E-state index in [0.717, 1.165) is 15.3 Å². The molecule has 2 N–H and O–H groups in total. The summed E-state index contributed by atoms with van der Waals surface area (Å²) in [4.78, 5) is 30.8. The molecule has 0 aliphatic carbocycles. The molecule has 0 unspecified atom stereocenters. The van der Waals surface area contributed by atoms with E-state index in [-0.39, 0.29) is 5.56 Å². The molecule has 2 aromatic heterocycles. The summed E-state index contributed by atoms with van der Waals surface area (Å²) in [5.41, 5.74) is 6.28. The number of nitrogens with zero attached hydrogens (tertiary/aromatic N) is 2. The third-order valence-corrected chi connectivity index (χ3v) is 6.02. The molecule has 2 aromatic rings.